The monoisotopic (exact) mass is 311 g/mol. The molecule has 1 saturated heterocycles. The minimum Gasteiger partial charge on any atom is -0.303 e. The average Bonchev–Trinajstić information content (AvgIpc) is 2.87. The summed E-state index contributed by atoms with van der Waals surface area (Å²) < 4.78 is 0. The number of nitrogens with zero attached hydrogens (tertiary/aromatic N) is 3. The van der Waals surface area contributed by atoms with E-state index in [1.165, 1.54) is 10.7 Å². The highest BCUT2D eigenvalue weighted by Gasteiger charge is 2.30. The number of nitrogens with two attached hydrogens (primary N) is 1. The number of nitrogens with one attached hydrogen (secondary N) is 1. The molecule has 2 rings (SSSR count). The van der Waals surface area contributed by atoms with E-state index in [4.69, 9.17) is 10.8 Å². The summed E-state index contributed by atoms with van der Waals surface area (Å²) in [6.07, 6.45) is 0.889. The molecule has 1 aromatic heterocycles. The van der Waals surface area contributed by atoms with Crippen LogP contribution in [-0.2, 0) is 11.8 Å². The van der Waals surface area contributed by atoms with Crippen molar-refractivity contribution in [1.29, 1.82) is 0 Å². The maximum atomic E-state index is 5.83. The van der Waals surface area contributed by atoms with Gasteiger partial charge in [0.15, 0.2) is 0 Å². The summed E-state index contributed by atoms with van der Waals surface area (Å²) in [5.74, 6) is 5.83. The molecule has 1 aromatic rings. The lowest BCUT2D eigenvalue weighted by Gasteiger charge is -2.41. The summed E-state index contributed by atoms with van der Waals surface area (Å²) in [6, 6.07) is 0.660. The van der Waals surface area contributed by atoms with Gasteiger partial charge in [-0.2, -0.15) is 0 Å². The quantitative estimate of drug-likeness (QED) is 0.643. The topological polar surface area (TPSA) is 57.4 Å². The number of thiazole rings is 1. The summed E-state index contributed by atoms with van der Waals surface area (Å²) in [7, 11) is 4.36. The zero-order valence-electron chi connectivity index (χ0n) is 13.9. The third-order valence-corrected chi connectivity index (χ3v) is 5.16. The molecule has 120 valence electrons. The van der Waals surface area contributed by atoms with Crippen LogP contribution in [0.3, 0.4) is 0 Å². The Balaban J connectivity index is 2.06. The molecule has 0 aromatic carbocycles. The maximum absolute atomic E-state index is 5.83. The van der Waals surface area contributed by atoms with E-state index in [1.54, 1.807) is 11.3 Å². The van der Waals surface area contributed by atoms with Gasteiger partial charge in [0.05, 0.1) is 10.7 Å². The van der Waals surface area contributed by atoms with Gasteiger partial charge in [-0.1, -0.05) is 20.8 Å². The Kier molecular flexibility index (Phi) is 5.38. The Morgan fingerprint density at radius 3 is 2.71 bits per heavy atom. The van der Waals surface area contributed by atoms with Crippen LogP contribution in [0.5, 0.6) is 0 Å². The lowest BCUT2D eigenvalue weighted by atomic mass is 9.93. The van der Waals surface area contributed by atoms with Crippen LogP contribution < -0.4 is 11.3 Å². The second kappa shape index (κ2) is 6.71. The third-order valence-electron chi connectivity index (χ3n) is 4.29. The molecule has 0 aliphatic carbocycles. The molecular formula is C15H29N5S. The van der Waals surface area contributed by atoms with Gasteiger partial charge in [0.25, 0.3) is 0 Å². The number of piperazine rings is 1. The van der Waals surface area contributed by atoms with Gasteiger partial charge in [0.1, 0.15) is 0 Å². The van der Waals surface area contributed by atoms with Crippen molar-refractivity contribution in [2.24, 2.45) is 5.84 Å². The second-order valence-electron chi connectivity index (χ2n) is 7.16. The third kappa shape index (κ3) is 4.23. The lowest BCUT2D eigenvalue weighted by Crippen LogP contribution is -2.60. The van der Waals surface area contributed by atoms with Gasteiger partial charge in [0.2, 0.25) is 0 Å². The SMILES string of the molecule is CN1CCN(C)C(C(Cc2nc(C(C)(C)C)cs2)NN)C1. The highest BCUT2D eigenvalue weighted by molar-refractivity contribution is 7.09. The summed E-state index contributed by atoms with van der Waals surface area (Å²) in [4.78, 5) is 9.58. The predicted molar refractivity (Wildman–Crippen MR) is 89.5 cm³/mol. The van der Waals surface area contributed by atoms with Crippen molar-refractivity contribution in [3.05, 3.63) is 16.1 Å². The molecule has 21 heavy (non-hydrogen) atoms. The van der Waals surface area contributed by atoms with Crippen LogP contribution in [0.1, 0.15) is 31.5 Å². The van der Waals surface area contributed by atoms with E-state index in [9.17, 15) is 0 Å². The molecule has 0 bridgehead atoms. The number of aromatic nitrogens is 1. The van der Waals surface area contributed by atoms with Crippen molar-refractivity contribution < 1.29 is 0 Å². The van der Waals surface area contributed by atoms with Gasteiger partial charge in [-0.05, 0) is 14.1 Å². The summed E-state index contributed by atoms with van der Waals surface area (Å²) >= 11 is 1.75. The molecule has 2 unspecified atom stereocenters. The van der Waals surface area contributed by atoms with Crippen LogP contribution in [0.4, 0.5) is 0 Å². The number of hydrogen-bond donors (Lipinski definition) is 2. The smallest absolute Gasteiger partial charge is 0.0945 e. The highest BCUT2D eigenvalue weighted by atomic mass is 32.1. The molecule has 3 N–H and O–H groups in total. The summed E-state index contributed by atoms with van der Waals surface area (Å²) in [5, 5.41) is 3.35. The van der Waals surface area contributed by atoms with Gasteiger partial charge >= 0.3 is 0 Å². The molecule has 0 radical (unpaired) electrons. The molecule has 0 saturated carbocycles. The highest BCUT2D eigenvalue weighted by Crippen LogP contribution is 2.25. The fraction of sp³-hybridized carbons (Fsp3) is 0.800. The van der Waals surface area contributed by atoms with Crippen LogP contribution in [0.25, 0.3) is 0 Å². The first-order chi connectivity index (χ1) is 9.81. The zero-order valence-corrected chi connectivity index (χ0v) is 14.7. The standard InChI is InChI=1S/C15H29N5S/c1-15(2,3)13-10-21-14(17-13)8-11(18-16)12-9-19(4)6-7-20(12)5/h10-12,18H,6-9,16H2,1-5H3. The van der Waals surface area contributed by atoms with Crippen LogP contribution >= 0.6 is 11.3 Å². The van der Waals surface area contributed by atoms with Crippen molar-refractivity contribution in [2.75, 3.05) is 33.7 Å². The van der Waals surface area contributed by atoms with Crippen molar-refractivity contribution in [1.82, 2.24) is 20.2 Å². The van der Waals surface area contributed by atoms with Gasteiger partial charge in [0, 0.05) is 48.9 Å². The molecule has 6 heteroatoms. The van der Waals surface area contributed by atoms with Gasteiger partial charge in [-0.25, -0.2) is 4.98 Å². The normalized spacial score (nSPS) is 23.4. The van der Waals surface area contributed by atoms with E-state index < -0.39 is 0 Å². The average molecular weight is 311 g/mol. The van der Waals surface area contributed by atoms with E-state index in [-0.39, 0.29) is 11.5 Å². The lowest BCUT2D eigenvalue weighted by molar-refractivity contribution is 0.0876. The Labute approximate surface area is 132 Å². The zero-order chi connectivity index (χ0) is 15.6. The fourth-order valence-electron chi connectivity index (χ4n) is 2.72. The largest absolute Gasteiger partial charge is 0.303 e. The predicted octanol–water partition coefficient (Wildman–Crippen LogP) is 1.06. The number of rotatable bonds is 4. The van der Waals surface area contributed by atoms with Crippen molar-refractivity contribution in [2.45, 2.75) is 44.7 Å². The molecule has 5 nitrogen and oxygen atoms in total. The Hall–Kier alpha value is -0.530. The maximum Gasteiger partial charge on any atom is 0.0945 e. The Morgan fingerprint density at radius 1 is 1.43 bits per heavy atom. The molecular weight excluding hydrogens is 282 g/mol. The van der Waals surface area contributed by atoms with E-state index >= 15 is 0 Å². The molecule has 2 atom stereocenters. The van der Waals surface area contributed by atoms with Crippen LogP contribution in [-0.4, -0.2) is 60.6 Å². The molecule has 0 amide bonds. The summed E-state index contributed by atoms with van der Waals surface area (Å²) in [5.41, 5.74) is 4.30. The van der Waals surface area contributed by atoms with Crippen molar-refractivity contribution in [3.8, 4) is 0 Å². The first-order valence-electron chi connectivity index (χ1n) is 7.61. The fourth-order valence-corrected chi connectivity index (χ4v) is 3.80. The van der Waals surface area contributed by atoms with Crippen molar-refractivity contribution in [3.63, 3.8) is 0 Å². The van der Waals surface area contributed by atoms with Crippen LogP contribution in [0, 0.1) is 0 Å². The van der Waals surface area contributed by atoms with E-state index in [0.29, 0.717) is 6.04 Å². The van der Waals surface area contributed by atoms with Gasteiger partial charge in [-0.3, -0.25) is 16.2 Å². The van der Waals surface area contributed by atoms with Gasteiger partial charge < -0.3 is 4.90 Å². The first-order valence-corrected chi connectivity index (χ1v) is 8.49. The van der Waals surface area contributed by atoms with Crippen LogP contribution in [0.2, 0.25) is 0 Å². The van der Waals surface area contributed by atoms with E-state index in [0.717, 1.165) is 26.1 Å². The Morgan fingerprint density at radius 2 is 2.14 bits per heavy atom. The molecule has 0 spiro atoms. The minimum atomic E-state index is 0.113. The number of hydrogen-bond acceptors (Lipinski definition) is 6. The molecule has 1 aliphatic heterocycles. The number of likely N-dealkylation sites (N-methyl/N-ethyl adjacent to an activating group) is 2. The van der Waals surface area contributed by atoms with Gasteiger partial charge in [-0.15, -0.1) is 11.3 Å². The second-order valence-corrected chi connectivity index (χ2v) is 8.11. The minimum absolute atomic E-state index is 0.113. The molecule has 1 aliphatic rings. The Bertz CT molecular complexity index is 453. The number of hydrazine groups is 1. The van der Waals surface area contributed by atoms with E-state index in [2.05, 4.69) is 55.5 Å². The summed E-state index contributed by atoms with van der Waals surface area (Å²) in [6.45, 7) is 9.86. The molecule has 1 fully saturated rings. The van der Waals surface area contributed by atoms with Crippen molar-refractivity contribution >= 4 is 11.3 Å². The van der Waals surface area contributed by atoms with Crippen LogP contribution in [0.15, 0.2) is 5.38 Å². The molecule has 2 heterocycles. The van der Waals surface area contributed by atoms with E-state index in [1.807, 2.05) is 0 Å². The first kappa shape index (κ1) is 16.8.